The maximum Gasteiger partial charge on any atom is 0.199 e. The number of aromatic nitrogens is 2. The summed E-state index contributed by atoms with van der Waals surface area (Å²) in [5.74, 6) is 1.74. The van der Waals surface area contributed by atoms with Crippen LogP contribution in [-0.4, -0.2) is 29.1 Å². The third-order valence-electron chi connectivity index (χ3n) is 3.45. The fourth-order valence-electron chi connectivity index (χ4n) is 2.58. The quantitative estimate of drug-likeness (QED) is 0.925. The van der Waals surface area contributed by atoms with Crippen LogP contribution in [0.2, 0.25) is 5.15 Å². The van der Waals surface area contributed by atoms with Crippen LogP contribution in [0.4, 0.5) is 0 Å². The Bertz CT molecular complexity index is 561. The maximum absolute atomic E-state index is 6.18. The van der Waals surface area contributed by atoms with E-state index in [0.29, 0.717) is 11.2 Å². The molecule has 0 amide bonds. The number of ether oxygens (including phenoxy) is 1. The van der Waals surface area contributed by atoms with Crippen LogP contribution in [-0.2, 0) is 6.42 Å². The van der Waals surface area contributed by atoms with Crippen molar-refractivity contribution in [1.29, 1.82) is 0 Å². The van der Waals surface area contributed by atoms with Crippen LogP contribution in [0.5, 0.6) is 5.88 Å². The van der Waals surface area contributed by atoms with Gasteiger partial charge in [-0.15, -0.1) is 0 Å². The van der Waals surface area contributed by atoms with Crippen LogP contribution in [0, 0.1) is 0 Å². The fraction of sp³-hybridized carbons (Fsp3) is 0.462. The first-order valence-corrected chi connectivity index (χ1v) is 6.60. The Morgan fingerprint density at radius 3 is 3.17 bits per heavy atom. The van der Waals surface area contributed by atoms with Gasteiger partial charge in [0.15, 0.2) is 11.0 Å². The molecular weight excluding hydrogens is 250 g/mol. The van der Waals surface area contributed by atoms with Gasteiger partial charge in [-0.3, -0.25) is 4.40 Å². The van der Waals surface area contributed by atoms with Gasteiger partial charge >= 0.3 is 0 Å². The molecule has 0 aromatic carbocycles. The second kappa shape index (κ2) is 4.78. The lowest BCUT2D eigenvalue weighted by Gasteiger charge is -2.11. The van der Waals surface area contributed by atoms with Crippen molar-refractivity contribution in [3.63, 3.8) is 0 Å². The molecule has 0 aliphatic carbocycles. The van der Waals surface area contributed by atoms with Crippen LogP contribution >= 0.6 is 11.6 Å². The Kier molecular flexibility index (Phi) is 3.14. The molecule has 4 nitrogen and oxygen atoms in total. The molecule has 5 heteroatoms. The molecule has 1 aliphatic rings. The van der Waals surface area contributed by atoms with Gasteiger partial charge in [0, 0.05) is 12.5 Å². The fourth-order valence-corrected chi connectivity index (χ4v) is 2.83. The minimum absolute atomic E-state index is 0.497. The molecule has 18 heavy (non-hydrogen) atoms. The van der Waals surface area contributed by atoms with Crippen molar-refractivity contribution in [3.05, 3.63) is 29.2 Å². The second-order valence-corrected chi connectivity index (χ2v) is 4.96. The number of nitrogens with zero attached hydrogens (tertiary/aromatic N) is 2. The highest BCUT2D eigenvalue weighted by molar-refractivity contribution is 6.32. The standard InChI is InChI=1S/C13H16ClN3O/c1-18-12-6-2-5-10-13(14)16-11(17(10)12)8-9-4-3-7-15-9/h2,5-6,9,15H,3-4,7-8H2,1H3. The zero-order chi connectivity index (χ0) is 12.5. The Morgan fingerprint density at radius 1 is 1.56 bits per heavy atom. The molecule has 2 aromatic rings. The highest BCUT2D eigenvalue weighted by atomic mass is 35.5. The third kappa shape index (κ3) is 1.95. The summed E-state index contributed by atoms with van der Waals surface area (Å²) in [6.45, 7) is 1.10. The van der Waals surface area contributed by atoms with Crippen LogP contribution in [0.3, 0.4) is 0 Å². The lowest BCUT2D eigenvalue weighted by atomic mass is 10.1. The van der Waals surface area contributed by atoms with Crippen molar-refractivity contribution >= 4 is 17.1 Å². The summed E-state index contributed by atoms with van der Waals surface area (Å²) < 4.78 is 7.39. The van der Waals surface area contributed by atoms with Crippen molar-refractivity contribution in [2.75, 3.05) is 13.7 Å². The van der Waals surface area contributed by atoms with E-state index in [4.69, 9.17) is 16.3 Å². The molecule has 0 bridgehead atoms. The van der Waals surface area contributed by atoms with Crippen molar-refractivity contribution in [2.45, 2.75) is 25.3 Å². The zero-order valence-corrected chi connectivity index (χ0v) is 11.1. The normalized spacial score (nSPS) is 19.6. The van der Waals surface area contributed by atoms with Gasteiger partial charge in [-0.1, -0.05) is 17.7 Å². The van der Waals surface area contributed by atoms with E-state index in [-0.39, 0.29) is 0 Å². The Hall–Kier alpha value is -1.26. The first-order valence-electron chi connectivity index (χ1n) is 6.23. The highest BCUT2D eigenvalue weighted by Gasteiger charge is 2.19. The van der Waals surface area contributed by atoms with Gasteiger partial charge < -0.3 is 10.1 Å². The predicted octanol–water partition coefficient (Wildman–Crippen LogP) is 2.29. The van der Waals surface area contributed by atoms with E-state index in [1.165, 1.54) is 12.8 Å². The van der Waals surface area contributed by atoms with Crippen LogP contribution < -0.4 is 10.1 Å². The van der Waals surface area contributed by atoms with Crippen LogP contribution in [0.15, 0.2) is 18.2 Å². The number of rotatable bonds is 3. The predicted molar refractivity (Wildman–Crippen MR) is 71.5 cm³/mol. The number of hydrogen-bond acceptors (Lipinski definition) is 3. The van der Waals surface area contributed by atoms with Gasteiger partial charge in [-0.05, 0) is 31.5 Å². The van der Waals surface area contributed by atoms with Crippen molar-refractivity contribution in [2.24, 2.45) is 0 Å². The average Bonchev–Trinajstić information content (AvgIpc) is 2.99. The molecule has 1 fully saturated rings. The number of nitrogens with one attached hydrogen (secondary N) is 1. The third-order valence-corrected chi connectivity index (χ3v) is 3.73. The first-order chi connectivity index (χ1) is 8.79. The van der Waals surface area contributed by atoms with Crippen molar-refractivity contribution in [1.82, 2.24) is 14.7 Å². The minimum Gasteiger partial charge on any atom is -0.482 e. The molecule has 1 atom stereocenters. The number of hydrogen-bond donors (Lipinski definition) is 1. The monoisotopic (exact) mass is 265 g/mol. The molecule has 0 saturated carbocycles. The summed E-state index contributed by atoms with van der Waals surface area (Å²) in [6.07, 6.45) is 3.31. The van der Waals surface area contributed by atoms with E-state index < -0.39 is 0 Å². The average molecular weight is 266 g/mol. The summed E-state index contributed by atoms with van der Waals surface area (Å²) in [5, 5.41) is 4.02. The number of methoxy groups -OCH3 is 1. The molecule has 0 radical (unpaired) electrons. The Labute approximate surface area is 111 Å². The van der Waals surface area contributed by atoms with Gasteiger partial charge in [-0.25, -0.2) is 4.98 Å². The SMILES string of the molecule is COc1cccc2c(Cl)nc(CC3CCCN3)n12. The number of halogens is 1. The van der Waals surface area contributed by atoms with E-state index in [9.17, 15) is 0 Å². The lowest BCUT2D eigenvalue weighted by molar-refractivity contribution is 0.389. The zero-order valence-electron chi connectivity index (χ0n) is 10.3. The molecular formula is C13H16ClN3O. The molecule has 2 aromatic heterocycles. The molecule has 1 saturated heterocycles. The molecule has 1 N–H and O–H groups in total. The summed E-state index contributed by atoms with van der Waals surface area (Å²) in [7, 11) is 1.67. The topological polar surface area (TPSA) is 38.6 Å². The van der Waals surface area contributed by atoms with E-state index in [1.54, 1.807) is 7.11 Å². The largest absolute Gasteiger partial charge is 0.482 e. The van der Waals surface area contributed by atoms with Gasteiger partial charge in [0.25, 0.3) is 0 Å². The molecule has 1 aliphatic heterocycles. The van der Waals surface area contributed by atoms with Gasteiger partial charge in [0.05, 0.1) is 12.6 Å². The summed E-state index contributed by atoms with van der Waals surface area (Å²) in [5.41, 5.74) is 0.906. The highest BCUT2D eigenvalue weighted by Crippen LogP contribution is 2.25. The smallest absolute Gasteiger partial charge is 0.199 e. The first kappa shape index (κ1) is 11.8. The Balaban J connectivity index is 2.04. The van der Waals surface area contributed by atoms with Gasteiger partial charge in [-0.2, -0.15) is 0 Å². The van der Waals surface area contributed by atoms with Gasteiger partial charge in [0.1, 0.15) is 5.82 Å². The molecule has 0 spiro atoms. The number of imidazole rings is 1. The molecule has 3 rings (SSSR count). The summed E-state index contributed by atoms with van der Waals surface area (Å²) >= 11 is 6.18. The van der Waals surface area contributed by atoms with E-state index in [0.717, 1.165) is 30.2 Å². The van der Waals surface area contributed by atoms with Crippen LogP contribution in [0.1, 0.15) is 18.7 Å². The van der Waals surface area contributed by atoms with Crippen molar-refractivity contribution in [3.8, 4) is 5.88 Å². The van der Waals surface area contributed by atoms with E-state index in [1.807, 2.05) is 22.6 Å². The minimum atomic E-state index is 0.497. The second-order valence-electron chi connectivity index (χ2n) is 4.61. The molecule has 3 heterocycles. The lowest BCUT2D eigenvalue weighted by Crippen LogP contribution is -2.24. The summed E-state index contributed by atoms with van der Waals surface area (Å²) in [4.78, 5) is 4.47. The molecule has 96 valence electrons. The van der Waals surface area contributed by atoms with Crippen LogP contribution in [0.25, 0.3) is 5.52 Å². The Morgan fingerprint density at radius 2 is 2.44 bits per heavy atom. The maximum atomic E-state index is 6.18. The van der Waals surface area contributed by atoms with Gasteiger partial charge in [0.2, 0.25) is 0 Å². The van der Waals surface area contributed by atoms with Crippen molar-refractivity contribution < 1.29 is 4.74 Å². The number of pyridine rings is 1. The van der Waals surface area contributed by atoms with E-state index >= 15 is 0 Å². The van der Waals surface area contributed by atoms with E-state index in [2.05, 4.69) is 10.3 Å². The number of fused-ring (bicyclic) bond motifs is 1. The summed E-state index contributed by atoms with van der Waals surface area (Å²) in [6, 6.07) is 6.32. The molecule has 1 unspecified atom stereocenters.